The van der Waals surface area contributed by atoms with E-state index in [4.69, 9.17) is 0 Å². The topological polar surface area (TPSA) is 65.5 Å². The number of guanidine groups is 1. The van der Waals surface area contributed by atoms with Crippen LogP contribution in [0.15, 0.2) is 22.5 Å². The van der Waals surface area contributed by atoms with Crippen LogP contribution in [0.2, 0.25) is 0 Å². The summed E-state index contributed by atoms with van der Waals surface area (Å²) in [6, 6.07) is 4.62. The van der Waals surface area contributed by atoms with Crippen molar-refractivity contribution in [1.29, 1.82) is 0 Å². The first-order chi connectivity index (χ1) is 11.7. The summed E-state index contributed by atoms with van der Waals surface area (Å²) in [5.74, 6) is 1.33. The number of rotatable bonds is 7. The van der Waals surface area contributed by atoms with Gasteiger partial charge in [0, 0.05) is 43.4 Å². The predicted molar refractivity (Wildman–Crippen MR) is 117 cm³/mol. The third-order valence-electron chi connectivity index (χ3n) is 4.44. The Morgan fingerprint density at radius 3 is 2.72 bits per heavy atom. The molecule has 0 aliphatic heterocycles. The maximum absolute atomic E-state index is 12.0. The highest BCUT2D eigenvalue weighted by Gasteiger charge is 2.15. The van der Waals surface area contributed by atoms with Crippen LogP contribution < -0.4 is 16.0 Å². The van der Waals surface area contributed by atoms with Gasteiger partial charge < -0.3 is 16.0 Å². The number of carbonyl (C=O) groups is 1. The number of amides is 1. The molecule has 2 rings (SSSR count). The molecule has 1 amide bonds. The summed E-state index contributed by atoms with van der Waals surface area (Å²) in [7, 11) is 1.76. The van der Waals surface area contributed by atoms with E-state index in [1.165, 1.54) is 24.1 Å². The van der Waals surface area contributed by atoms with E-state index in [-0.39, 0.29) is 29.9 Å². The zero-order valence-electron chi connectivity index (χ0n) is 15.2. The van der Waals surface area contributed by atoms with Gasteiger partial charge in [-0.1, -0.05) is 32.3 Å². The second-order valence-electron chi connectivity index (χ2n) is 6.45. The van der Waals surface area contributed by atoms with Gasteiger partial charge in [-0.2, -0.15) is 0 Å². The summed E-state index contributed by atoms with van der Waals surface area (Å²) >= 11 is 1.78. The van der Waals surface area contributed by atoms with Crippen LogP contribution in [0, 0.1) is 0 Å². The first-order valence-electron chi connectivity index (χ1n) is 8.96. The van der Waals surface area contributed by atoms with Crippen LogP contribution in [-0.2, 0) is 4.79 Å². The van der Waals surface area contributed by atoms with Crippen LogP contribution in [0.3, 0.4) is 0 Å². The fraction of sp³-hybridized carbons (Fsp3) is 0.667. The zero-order valence-corrected chi connectivity index (χ0v) is 18.4. The van der Waals surface area contributed by atoms with Crippen LogP contribution in [0.25, 0.3) is 0 Å². The van der Waals surface area contributed by atoms with Crippen LogP contribution in [0.4, 0.5) is 0 Å². The Labute approximate surface area is 172 Å². The maximum Gasteiger partial charge on any atom is 0.221 e. The van der Waals surface area contributed by atoms with E-state index < -0.39 is 0 Å². The van der Waals surface area contributed by atoms with E-state index in [0.29, 0.717) is 24.9 Å². The minimum absolute atomic E-state index is 0. The molecule has 7 heteroatoms. The van der Waals surface area contributed by atoms with Crippen molar-refractivity contribution in [3.63, 3.8) is 0 Å². The van der Waals surface area contributed by atoms with Crippen molar-refractivity contribution in [3.05, 3.63) is 22.4 Å². The number of halogens is 1. The Morgan fingerprint density at radius 1 is 1.32 bits per heavy atom. The Hall–Kier alpha value is -0.830. The van der Waals surface area contributed by atoms with E-state index in [1.54, 1.807) is 18.4 Å². The van der Waals surface area contributed by atoms with Crippen LogP contribution >= 0.6 is 35.3 Å². The lowest BCUT2D eigenvalue weighted by molar-refractivity contribution is -0.121. The Morgan fingerprint density at radius 2 is 2.08 bits per heavy atom. The standard InChI is InChI=1S/C18H30N4OS.HI/c1-14(16-9-6-12-24-16)13-21-18(19-2)20-11-10-17(23)22-15-7-4-3-5-8-15;/h6,9,12,14-15H,3-5,7-8,10-11,13H2,1-2H3,(H,22,23)(H2,19,20,21);1H. The highest BCUT2D eigenvalue weighted by atomic mass is 127. The second-order valence-corrected chi connectivity index (χ2v) is 7.43. The van der Waals surface area contributed by atoms with Crippen LogP contribution in [0.1, 0.15) is 56.2 Å². The molecule has 1 fully saturated rings. The Bertz CT molecular complexity index is 515. The largest absolute Gasteiger partial charge is 0.356 e. The van der Waals surface area contributed by atoms with Gasteiger partial charge in [-0.05, 0) is 24.3 Å². The second kappa shape index (κ2) is 12.5. The summed E-state index contributed by atoms with van der Waals surface area (Å²) in [5, 5.41) is 11.8. The van der Waals surface area contributed by atoms with Crippen molar-refractivity contribution in [3.8, 4) is 0 Å². The molecule has 0 saturated heterocycles. The Kier molecular flexibility index (Phi) is 11.1. The molecule has 1 aliphatic rings. The van der Waals surface area contributed by atoms with Crippen molar-refractivity contribution in [1.82, 2.24) is 16.0 Å². The third-order valence-corrected chi connectivity index (χ3v) is 5.55. The van der Waals surface area contributed by atoms with Gasteiger partial charge in [0.15, 0.2) is 5.96 Å². The minimum Gasteiger partial charge on any atom is -0.356 e. The van der Waals surface area contributed by atoms with E-state index in [1.807, 2.05) is 0 Å². The van der Waals surface area contributed by atoms with Gasteiger partial charge in [0.05, 0.1) is 0 Å². The molecule has 0 spiro atoms. The number of nitrogens with one attached hydrogen (secondary N) is 3. The summed E-state index contributed by atoms with van der Waals surface area (Å²) in [4.78, 5) is 17.6. The van der Waals surface area contributed by atoms with Crippen LogP contribution in [-0.4, -0.2) is 38.0 Å². The quantitative estimate of drug-likeness (QED) is 0.320. The molecule has 25 heavy (non-hydrogen) atoms. The van der Waals surface area contributed by atoms with Crippen molar-refractivity contribution in [2.75, 3.05) is 20.1 Å². The normalized spacial score (nSPS) is 16.6. The molecule has 0 bridgehead atoms. The molecule has 0 aromatic carbocycles. The van der Waals surface area contributed by atoms with E-state index in [9.17, 15) is 4.79 Å². The van der Waals surface area contributed by atoms with Gasteiger partial charge in [-0.15, -0.1) is 35.3 Å². The zero-order chi connectivity index (χ0) is 17.2. The fourth-order valence-electron chi connectivity index (χ4n) is 2.98. The molecule has 5 nitrogen and oxygen atoms in total. The molecule has 1 atom stereocenters. The van der Waals surface area contributed by atoms with E-state index >= 15 is 0 Å². The lowest BCUT2D eigenvalue weighted by Gasteiger charge is -2.22. The molecule has 0 radical (unpaired) electrons. The molecule has 142 valence electrons. The lowest BCUT2D eigenvalue weighted by Crippen LogP contribution is -2.42. The first kappa shape index (κ1) is 22.2. The SMILES string of the molecule is CN=C(NCCC(=O)NC1CCCCC1)NCC(C)c1cccs1.I. The molecular weight excluding hydrogens is 447 g/mol. The molecule has 1 aromatic rings. The number of nitrogens with zero attached hydrogens (tertiary/aromatic N) is 1. The summed E-state index contributed by atoms with van der Waals surface area (Å²) < 4.78 is 0. The molecule has 1 aliphatic carbocycles. The average molecular weight is 478 g/mol. The number of aliphatic imine (C=N–C) groups is 1. The molecule has 1 aromatic heterocycles. The van der Waals surface area contributed by atoms with Gasteiger partial charge >= 0.3 is 0 Å². The monoisotopic (exact) mass is 478 g/mol. The van der Waals surface area contributed by atoms with Gasteiger partial charge in [-0.3, -0.25) is 9.79 Å². The highest BCUT2D eigenvalue weighted by Crippen LogP contribution is 2.19. The lowest BCUT2D eigenvalue weighted by atomic mass is 9.95. The minimum atomic E-state index is 0. The number of hydrogen-bond acceptors (Lipinski definition) is 3. The van der Waals surface area contributed by atoms with Gasteiger partial charge in [-0.25, -0.2) is 0 Å². The van der Waals surface area contributed by atoms with Gasteiger partial charge in [0.25, 0.3) is 0 Å². The van der Waals surface area contributed by atoms with Crippen molar-refractivity contribution < 1.29 is 4.79 Å². The summed E-state index contributed by atoms with van der Waals surface area (Å²) in [6.45, 7) is 3.63. The van der Waals surface area contributed by atoms with Gasteiger partial charge in [0.2, 0.25) is 5.91 Å². The maximum atomic E-state index is 12.0. The van der Waals surface area contributed by atoms with Gasteiger partial charge in [0.1, 0.15) is 0 Å². The summed E-state index contributed by atoms with van der Waals surface area (Å²) in [5.41, 5.74) is 0. The molecule has 1 heterocycles. The Balaban J connectivity index is 0.00000312. The molecular formula is C18H31IN4OS. The van der Waals surface area contributed by atoms with E-state index in [2.05, 4.69) is 45.4 Å². The fourth-order valence-corrected chi connectivity index (χ4v) is 3.77. The van der Waals surface area contributed by atoms with Crippen molar-refractivity contribution >= 4 is 47.2 Å². The number of hydrogen-bond donors (Lipinski definition) is 3. The smallest absolute Gasteiger partial charge is 0.221 e. The first-order valence-corrected chi connectivity index (χ1v) is 9.84. The molecule has 1 unspecified atom stereocenters. The average Bonchev–Trinajstić information content (AvgIpc) is 3.13. The van der Waals surface area contributed by atoms with Crippen molar-refractivity contribution in [2.24, 2.45) is 4.99 Å². The number of thiophene rings is 1. The third kappa shape index (κ3) is 8.40. The predicted octanol–water partition coefficient (Wildman–Crippen LogP) is 3.47. The molecule has 3 N–H and O–H groups in total. The molecule has 1 saturated carbocycles. The number of carbonyl (C=O) groups excluding carboxylic acids is 1. The van der Waals surface area contributed by atoms with Crippen LogP contribution in [0.5, 0.6) is 0 Å². The highest BCUT2D eigenvalue weighted by molar-refractivity contribution is 14.0. The van der Waals surface area contributed by atoms with Crippen molar-refractivity contribution in [2.45, 2.75) is 57.4 Å². The summed E-state index contributed by atoms with van der Waals surface area (Å²) in [6.07, 6.45) is 6.52. The van der Waals surface area contributed by atoms with E-state index in [0.717, 1.165) is 25.3 Å².